The molecule has 0 spiro atoms. The topological polar surface area (TPSA) is 150 Å². The number of rotatable bonds is 14. The van der Waals surface area contributed by atoms with E-state index in [1.165, 1.54) is 30.6 Å². The second-order valence-electron chi connectivity index (χ2n) is 10.3. The maximum atomic E-state index is 14.9. The molecule has 2 heterocycles. The Bertz CT molecular complexity index is 1670. The number of aromatic amines is 1. The van der Waals surface area contributed by atoms with Gasteiger partial charge in [-0.15, -0.1) is 0 Å². The molecule has 0 fully saturated rings. The maximum Gasteiger partial charge on any atom is 0.303 e. The number of benzene rings is 2. The molecule has 2 amide bonds. The second kappa shape index (κ2) is 14.7. The predicted molar refractivity (Wildman–Crippen MR) is 161 cm³/mol. The van der Waals surface area contributed by atoms with Gasteiger partial charge in [-0.25, -0.2) is 4.39 Å². The Morgan fingerprint density at radius 3 is 2.55 bits per heavy atom. The Labute approximate surface area is 253 Å². The van der Waals surface area contributed by atoms with Gasteiger partial charge in [0.15, 0.2) is 0 Å². The van der Waals surface area contributed by atoms with Crippen LogP contribution < -0.4 is 15.4 Å². The number of carboxylic acids is 1. The largest absolute Gasteiger partial charge is 0.481 e. The van der Waals surface area contributed by atoms with Crippen LogP contribution in [0.2, 0.25) is 0 Å². The van der Waals surface area contributed by atoms with Crippen molar-refractivity contribution in [3.8, 4) is 22.9 Å². The summed E-state index contributed by atoms with van der Waals surface area (Å²) < 4.78 is 20.7. The average Bonchev–Trinajstić information content (AvgIpc) is 3.48. The van der Waals surface area contributed by atoms with Gasteiger partial charge in [-0.2, -0.15) is 0 Å². The number of aliphatic carboxylic acids is 1. The van der Waals surface area contributed by atoms with Crippen molar-refractivity contribution in [2.75, 3.05) is 6.54 Å². The van der Waals surface area contributed by atoms with Crippen LogP contribution in [-0.2, 0) is 27.2 Å². The van der Waals surface area contributed by atoms with E-state index in [0.717, 1.165) is 11.1 Å². The number of carboxylic acid groups (broad SMARTS) is 1. The molecule has 0 aliphatic heterocycles. The fraction of sp³-hybridized carbons (Fsp3) is 0.242. The lowest BCUT2D eigenvalue weighted by molar-refractivity contribution is -0.137. The van der Waals surface area contributed by atoms with Gasteiger partial charge in [0.25, 0.3) is 5.91 Å². The summed E-state index contributed by atoms with van der Waals surface area (Å²) in [4.78, 5) is 55.9. The molecule has 0 aliphatic carbocycles. The van der Waals surface area contributed by atoms with Crippen molar-refractivity contribution in [3.63, 3.8) is 0 Å². The van der Waals surface area contributed by atoms with E-state index < -0.39 is 29.6 Å². The Hall–Kier alpha value is -5.32. The number of carbonyl (C=O) groups is 4. The molecule has 0 radical (unpaired) electrons. The Morgan fingerprint density at radius 1 is 1.02 bits per heavy atom. The van der Waals surface area contributed by atoms with Crippen LogP contribution in [-0.4, -0.2) is 51.2 Å². The van der Waals surface area contributed by atoms with Gasteiger partial charge in [-0.1, -0.05) is 35.9 Å². The molecule has 4 N–H and O–H groups in total. The molecule has 11 heteroatoms. The minimum atomic E-state index is -1.08. The number of aromatic nitrogens is 2. The van der Waals surface area contributed by atoms with Gasteiger partial charge in [0.1, 0.15) is 29.1 Å². The third-order valence-electron chi connectivity index (χ3n) is 6.70. The van der Waals surface area contributed by atoms with Crippen molar-refractivity contribution in [1.82, 2.24) is 20.6 Å². The lowest BCUT2D eigenvalue weighted by atomic mass is 10.0. The van der Waals surface area contributed by atoms with Crippen LogP contribution in [0.4, 0.5) is 4.39 Å². The molecule has 1 atom stereocenters. The zero-order chi connectivity index (χ0) is 31.6. The number of carbonyl (C=O) groups excluding carboxylic acids is 3. The van der Waals surface area contributed by atoms with Crippen LogP contribution in [0.3, 0.4) is 0 Å². The molecule has 44 heavy (non-hydrogen) atoms. The summed E-state index contributed by atoms with van der Waals surface area (Å²) in [6.07, 6.45) is 2.79. The smallest absolute Gasteiger partial charge is 0.303 e. The monoisotopic (exact) mass is 600 g/mol. The van der Waals surface area contributed by atoms with Crippen LogP contribution in [0.1, 0.15) is 46.8 Å². The van der Waals surface area contributed by atoms with E-state index in [4.69, 9.17) is 9.84 Å². The van der Waals surface area contributed by atoms with Gasteiger partial charge in [-0.3, -0.25) is 24.2 Å². The number of halogens is 1. The number of amides is 2. The van der Waals surface area contributed by atoms with Crippen LogP contribution >= 0.6 is 0 Å². The highest BCUT2D eigenvalue weighted by molar-refractivity contribution is 5.98. The van der Waals surface area contributed by atoms with Crippen LogP contribution in [0, 0.1) is 12.7 Å². The fourth-order valence-electron chi connectivity index (χ4n) is 4.57. The van der Waals surface area contributed by atoms with Gasteiger partial charge >= 0.3 is 5.97 Å². The normalized spacial score (nSPS) is 11.4. The Morgan fingerprint density at radius 2 is 1.82 bits per heavy atom. The van der Waals surface area contributed by atoms with E-state index in [1.807, 2.05) is 31.2 Å². The van der Waals surface area contributed by atoms with Gasteiger partial charge < -0.3 is 25.5 Å². The quantitative estimate of drug-likeness (QED) is 0.163. The van der Waals surface area contributed by atoms with Gasteiger partial charge in [0, 0.05) is 50.3 Å². The van der Waals surface area contributed by atoms with Crippen LogP contribution in [0.25, 0.3) is 11.4 Å². The lowest BCUT2D eigenvalue weighted by Gasteiger charge is -2.16. The third kappa shape index (κ3) is 8.84. The zero-order valence-corrected chi connectivity index (χ0v) is 24.4. The summed E-state index contributed by atoms with van der Waals surface area (Å²) >= 11 is 0. The van der Waals surface area contributed by atoms with Gasteiger partial charge in [-0.05, 0) is 49.6 Å². The summed E-state index contributed by atoms with van der Waals surface area (Å²) in [5.41, 5.74) is 3.35. The number of aryl methyl sites for hydroxylation is 1. The first-order valence-corrected chi connectivity index (χ1v) is 14.1. The summed E-state index contributed by atoms with van der Waals surface area (Å²) in [6, 6.07) is 15.7. The van der Waals surface area contributed by atoms with Crippen molar-refractivity contribution >= 4 is 23.6 Å². The third-order valence-corrected chi connectivity index (χ3v) is 6.70. The van der Waals surface area contributed by atoms with E-state index in [1.54, 1.807) is 25.1 Å². The number of hydrogen-bond donors (Lipinski definition) is 4. The van der Waals surface area contributed by atoms with E-state index in [-0.39, 0.29) is 48.3 Å². The summed E-state index contributed by atoms with van der Waals surface area (Å²) in [7, 11) is 0. The molecular formula is C33H33FN4O6. The average molecular weight is 601 g/mol. The van der Waals surface area contributed by atoms with Gasteiger partial charge in [0.2, 0.25) is 5.91 Å². The summed E-state index contributed by atoms with van der Waals surface area (Å²) in [5.74, 6) is -2.16. The van der Waals surface area contributed by atoms with E-state index in [0.29, 0.717) is 23.7 Å². The Kier molecular flexibility index (Phi) is 10.6. The molecular weight excluding hydrogens is 567 g/mol. The van der Waals surface area contributed by atoms with Crippen molar-refractivity contribution < 1.29 is 33.4 Å². The van der Waals surface area contributed by atoms with Crippen molar-refractivity contribution in [2.24, 2.45) is 0 Å². The lowest BCUT2D eigenvalue weighted by Crippen LogP contribution is -2.46. The minimum absolute atomic E-state index is 0.0359. The number of nitrogens with one attached hydrogen (secondary N) is 3. The zero-order valence-electron chi connectivity index (χ0n) is 24.4. The summed E-state index contributed by atoms with van der Waals surface area (Å²) in [6.45, 7) is 4.01. The highest BCUT2D eigenvalue weighted by Gasteiger charge is 2.23. The predicted octanol–water partition coefficient (Wildman–Crippen LogP) is 4.77. The Balaban J connectivity index is 1.40. The number of pyridine rings is 1. The number of ether oxygens (including phenoxy) is 1. The minimum Gasteiger partial charge on any atom is -0.481 e. The van der Waals surface area contributed by atoms with E-state index in [2.05, 4.69) is 20.6 Å². The first-order chi connectivity index (χ1) is 21.1. The number of likely N-dealkylation sites (N-methyl/N-ethyl adjacent to an activating group) is 1. The van der Waals surface area contributed by atoms with E-state index >= 15 is 0 Å². The number of nitrogens with zero attached hydrogens (tertiary/aromatic N) is 1. The van der Waals surface area contributed by atoms with E-state index in [9.17, 15) is 23.6 Å². The standard InChI is InChI=1S/C33H33FN4O6/c1-3-35-33(43)28(9-10-31(40)41)38-32(42)23-16-29(37-19-23)30-18-26(11-12-36-30)44-25-8-7-22(27(34)17-25)15-24(39)14-21-6-4-5-20(2)13-21/h4-8,11-13,16-19,28,37H,3,9-10,14-15H2,1-2H3,(H,35,43)(H,38,42)(H,40,41)/t28-/m0/s1. The molecule has 10 nitrogen and oxygen atoms in total. The molecule has 0 saturated heterocycles. The highest BCUT2D eigenvalue weighted by atomic mass is 19.1. The molecule has 0 unspecified atom stereocenters. The maximum absolute atomic E-state index is 14.9. The molecule has 2 aromatic heterocycles. The highest BCUT2D eigenvalue weighted by Crippen LogP contribution is 2.27. The number of hydrogen-bond acceptors (Lipinski definition) is 6. The van der Waals surface area contributed by atoms with Crippen molar-refractivity contribution in [1.29, 1.82) is 0 Å². The number of ketones is 1. The SMILES string of the molecule is CCNC(=O)[C@H](CCC(=O)O)NC(=O)c1c[nH]c(-c2cc(Oc3ccc(CC(=O)Cc4cccc(C)c4)c(F)c3)ccn2)c1. The fourth-order valence-corrected chi connectivity index (χ4v) is 4.57. The first kappa shape index (κ1) is 31.6. The van der Waals surface area contributed by atoms with Gasteiger partial charge in [0.05, 0.1) is 17.0 Å². The second-order valence-corrected chi connectivity index (χ2v) is 10.3. The molecule has 4 rings (SSSR count). The number of H-pyrrole nitrogens is 1. The van der Waals surface area contributed by atoms with Crippen LogP contribution in [0.15, 0.2) is 73.1 Å². The first-order valence-electron chi connectivity index (χ1n) is 14.1. The summed E-state index contributed by atoms with van der Waals surface area (Å²) in [5, 5.41) is 14.2. The molecule has 2 aromatic carbocycles. The molecule has 4 aromatic rings. The molecule has 0 saturated carbocycles. The van der Waals surface area contributed by atoms with Crippen LogP contribution in [0.5, 0.6) is 11.5 Å². The molecule has 0 aliphatic rings. The van der Waals surface area contributed by atoms with Crippen molar-refractivity contribution in [3.05, 3.63) is 101 Å². The number of Topliss-reactive ketones (excluding diaryl/α,β-unsaturated/α-hetero) is 1. The van der Waals surface area contributed by atoms with Crippen molar-refractivity contribution in [2.45, 2.75) is 45.6 Å². The molecule has 0 bridgehead atoms. The molecule has 228 valence electrons.